The van der Waals surface area contributed by atoms with Crippen LogP contribution in [0.3, 0.4) is 0 Å². The zero-order valence-electron chi connectivity index (χ0n) is 18.4. The Morgan fingerprint density at radius 2 is 1.81 bits per heavy atom. The zero-order chi connectivity index (χ0) is 23.7. The fraction of sp³-hybridized carbons (Fsp3) is 0.524. The van der Waals surface area contributed by atoms with Crippen LogP contribution in [-0.4, -0.2) is 46.1 Å². The van der Waals surface area contributed by atoms with Crippen LogP contribution < -0.4 is 15.9 Å². The van der Waals surface area contributed by atoms with E-state index < -0.39 is 39.6 Å². The van der Waals surface area contributed by atoms with E-state index in [1.54, 1.807) is 0 Å². The monoisotopic (exact) mass is 469 g/mol. The smallest absolute Gasteiger partial charge is 0.331 e. The Hall–Kier alpha value is -2.79. The van der Waals surface area contributed by atoms with Crippen LogP contribution in [0.5, 0.6) is 11.6 Å². The van der Waals surface area contributed by atoms with Crippen molar-refractivity contribution >= 4 is 15.7 Å². The summed E-state index contributed by atoms with van der Waals surface area (Å²) in [4.78, 5) is 24.7. The standard InChI is InChI=1S/C21H31N3O7S/c1-3-5-11-23-14-19(25)24(21(23)27)13-16(20(26)22-28)15-32(29,30)18-9-7-17(8-10-18)31-12-6-4-2/h7-10,14,16,25,28H,3-6,11-13,15H2,1-2H3,(H,22,26). The molecule has 0 aliphatic heterocycles. The number of nitrogens with zero attached hydrogens (tertiary/aromatic N) is 2. The van der Waals surface area contributed by atoms with Gasteiger partial charge >= 0.3 is 5.69 Å². The molecule has 0 saturated heterocycles. The molecule has 0 fully saturated rings. The minimum absolute atomic E-state index is 0.0202. The van der Waals surface area contributed by atoms with Gasteiger partial charge in [0, 0.05) is 13.1 Å². The first kappa shape index (κ1) is 25.5. The van der Waals surface area contributed by atoms with E-state index in [4.69, 9.17) is 9.94 Å². The number of aromatic hydroxyl groups is 1. The Balaban J connectivity index is 2.21. The van der Waals surface area contributed by atoms with Crippen molar-refractivity contribution in [3.05, 3.63) is 40.9 Å². The predicted octanol–water partition coefficient (Wildman–Crippen LogP) is 1.93. The molecule has 2 aromatic rings. The van der Waals surface area contributed by atoms with Crippen molar-refractivity contribution in [2.45, 2.75) is 57.5 Å². The Bertz CT molecular complexity index is 1040. The fourth-order valence-electron chi connectivity index (χ4n) is 3.14. The zero-order valence-corrected chi connectivity index (χ0v) is 19.2. The molecule has 1 unspecified atom stereocenters. The van der Waals surface area contributed by atoms with Crippen molar-refractivity contribution in [3.8, 4) is 11.6 Å². The maximum absolute atomic E-state index is 12.9. The Morgan fingerprint density at radius 1 is 1.16 bits per heavy atom. The molecule has 0 saturated carbocycles. The predicted molar refractivity (Wildman–Crippen MR) is 118 cm³/mol. The molecule has 3 N–H and O–H groups in total. The largest absolute Gasteiger partial charge is 0.494 e. The first-order valence-electron chi connectivity index (χ1n) is 10.6. The summed E-state index contributed by atoms with van der Waals surface area (Å²) in [6.45, 7) is 4.49. The van der Waals surface area contributed by atoms with Crippen LogP contribution in [0.2, 0.25) is 0 Å². The third-order valence-corrected chi connectivity index (χ3v) is 6.86. The summed E-state index contributed by atoms with van der Waals surface area (Å²) in [6, 6.07) is 5.84. The summed E-state index contributed by atoms with van der Waals surface area (Å²) in [6.07, 6.45) is 4.66. The van der Waals surface area contributed by atoms with E-state index in [0.29, 0.717) is 18.9 Å². The third-order valence-electron chi connectivity index (χ3n) is 5.03. The molecule has 10 nitrogen and oxygen atoms in total. The molecule has 1 atom stereocenters. The lowest BCUT2D eigenvalue weighted by molar-refractivity contribution is -0.133. The van der Waals surface area contributed by atoms with Gasteiger partial charge in [0.05, 0.1) is 29.4 Å². The highest BCUT2D eigenvalue weighted by molar-refractivity contribution is 7.91. The molecule has 1 heterocycles. The van der Waals surface area contributed by atoms with Gasteiger partial charge in [-0.3, -0.25) is 19.1 Å². The van der Waals surface area contributed by atoms with Crippen LogP contribution >= 0.6 is 0 Å². The van der Waals surface area contributed by atoms with Crippen molar-refractivity contribution in [3.63, 3.8) is 0 Å². The van der Waals surface area contributed by atoms with Gasteiger partial charge in [0.2, 0.25) is 11.8 Å². The first-order valence-corrected chi connectivity index (χ1v) is 12.3. The third kappa shape index (κ3) is 6.60. The molecule has 1 aromatic carbocycles. The number of aryl methyl sites for hydroxylation is 1. The molecule has 178 valence electrons. The maximum Gasteiger partial charge on any atom is 0.331 e. The Kier molecular flexibility index (Phi) is 9.33. The molecule has 0 bridgehead atoms. The van der Waals surface area contributed by atoms with Gasteiger partial charge in [-0.2, -0.15) is 0 Å². The van der Waals surface area contributed by atoms with Crippen molar-refractivity contribution in [1.82, 2.24) is 14.6 Å². The van der Waals surface area contributed by atoms with E-state index in [2.05, 4.69) is 0 Å². The summed E-state index contributed by atoms with van der Waals surface area (Å²) in [7, 11) is -3.94. The number of sulfone groups is 1. The van der Waals surface area contributed by atoms with E-state index in [0.717, 1.165) is 30.3 Å². The number of ether oxygens (including phenoxy) is 1. The normalized spacial score (nSPS) is 12.5. The van der Waals surface area contributed by atoms with Crippen LogP contribution in [0, 0.1) is 5.92 Å². The second kappa shape index (κ2) is 11.7. The van der Waals surface area contributed by atoms with E-state index >= 15 is 0 Å². The lowest BCUT2D eigenvalue weighted by Gasteiger charge is -2.16. The molecular weight excluding hydrogens is 438 g/mol. The number of imidazole rings is 1. The molecule has 0 radical (unpaired) electrons. The summed E-state index contributed by atoms with van der Waals surface area (Å²) >= 11 is 0. The van der Waals surface area contributed by atoms with Gasteiger partial charge in [-0.15, -0.1) is 0 Å². The highest BCUT2D eigenvalue weighted by Gasteiger charge is 2.29. The minimum Gasteiger partial charge on any atom is -0.494 e. The number of hydrogen-bond donors (Lipinski definition) is 3. The lowest BCUT2D eigenvalue weighted by Crippen LogP contribution is -2.38. The Morgan fingerprint density at radius 3 is 2.41 bits per heavy atom. The van der Waals surface area contributed by atoms with Crippen molar-refractivity contribution in [1.29, 1.82) is 0 Å². The van der Waals surface area contributed by atoms with Crippen molar-refractivity contribution in [2.75, 3.05) is 12.4 Å². The van der Waals surface area contributed by atoms with Gasteiger partial charge in [0.25, 0.3) is 0 Å². The highest BCUT2D eigenvalue weighted by atomic mass is 32.2. The number of carbonyl (C=O) groups is 1. The number of hydroxylamine groups is 1. The topological polar surface area (TPSA) is 140 Å². The van der Waals surface area contributed by atoms with Crippen LogP contribution in [0.4, 0.5) is 0 Å². The van der Waals surface area contributed by atoms with Crippen LogP contribution in [0.1, 0.15) is 39.5 Å². The number of benzene rings is 1. The second-order valence-electron chi connectivity index (χ2n) is 7.56. The van der Waals surface area contributed by atoms with Gasteiger partial charge in [-0.05, 0) is 37.1 Å². The quantitative estimate of drug-likeness (QED) is 0.231. The Labute approximate surface area is 187 Å². The van der Waals surface area contributed by atoms with E-state index in [9.17, 15) is 23.1 Å². The summed E-state index contributed by atoms with van der Waals surface area (Å²) < 4.78 is 33.5. The number of unbranched alkanes of at least 4 members (excludes halogenated alkanes) is 2. The SMILES string of the molecule is CCCCOc1ccc(S(=O)(=O)CC(Cn2c(O)cn(CCCC)c2=O)C(=O)NO)cc1. The van der Waals surface area contributed by atoms with Crippen molar-refractivity contribution in [2.24, 2.45) is 5.92 Å². The molecule has 2 rings (SSSR count). The molecular formula is C21H31N3O7S. The summed E-state index contributed by atoms with van der Waals surface area (Å²) in [5.74, 6) is -2.79. The number of rotatable bonds is 13. The average molecular weight is 470 g/mol. The second-order valence-corrected chi connectivity index (χ2v) is 9.59. The molecule has 0 aliphatic carbocycles. The molecule has 1 aromatic heterocycles. The molecule has 32 heavy (non-hydrogen) atoms. The number of amides is 1. The van der Waals surface area contributed by atoms with Gasteiger partial charge in [0.1, 0.15) is 5.75 Å². The first-order chi connectivity index (χ1) is 15.2. The van der Waals surface area contributed by atoms with Gasteiger partial charge in [-0.1, -0.05) is 26.7 Å². The van der Waals surface area contributed by atoms with Gasteiger partial charge in [-0.25, -0.2) is 18.7 Å². The fourth-order valence-corrected chi connectivity index (χ4v) is 4.67. The highest BCUT2D eigenvalue weighted by Crippen LogP contribution is 2.21. The minimum atomic E-state index is -3.94. The molecule has 11 heteroatoms. The van der Waals surface area contributed by atoms with Crippen LogP contribution in [-0.2, 0) is 27.7 Å². The van der Waals surface area contributed by atoms with Crippen molar-refractivity contribution < 1.29 is 28.3 Å². The molecule has 0 aliphatic rings. The molecule has 1 amide bonds. The van der Waals surface area contributed by atoms with E-state index in [1.807, 2.05) is 13.8 Å². The number of nitrogens with one attached hydrogen (secondary N) is 1. The lowest BCUT2D eigenvalue weighted by atomic mass is 10.1. The van der Waals surface area contributed by atoms with Gasteiger partial charge in [0.15, 0.2) is 9.84 Å². The molecule has 0 spiro atoms. The average Bonchev–Trinajstić information content (AvgIpc) is 3.04. The summed E-state index contributed by atoms with van der Waals surface area (Å²) in [5.41, 5.74) is 0.892. The van der Waals surface area contributed by atoms with Crippen LogP contribution in [0.25, 0.3) is 0 Å². The number of aromatic nitrogens is 2. The van der Waals surface area contributed by atoms with Gasteiger partial charge < -0.3 is 9.84 Å². The number of hydrogen-bond acceptors (Lipinski definition) is 7. The maximum atomic E-state index is 12.9. The number of carbonyl (C=O) groups excluding carboxylic acids is 1. The van der Waals surface area contributed by atoms with Crippen LogP contribution in [0.15, 0.2) is 40.2 Å². The van der Waals surface area contributed by atoms with E-state index in [-0.39, 0.29) is 10.8 Å². The van der Waals surface area contributed by atoms with E-state index in [1.165, 1.54) is 40.5 Å². The summed E-state index contributed by atoms with van der Waals surface area (Å²) in [5, 5.41) is 19.2.